The number of carbonyl (C=O) groups excluding carboxylic acids is 2. The molecule has 21 heavy (non-hydrogen) atoms. The second-order valence-corrected chi connectivity index (χ2v) is 5.22. The highest BCUT2D eigenvalue weighted by Crippen LogP contribution is 2.18. The molecule has 1 atom stereocenters. The molecule has 0 aromatic heterocycles. The Labute approximate surface area is 125 Å². The zero-order valence-corrected chi connectivity index (χ0v) is 12.6. The predicted molar refractivity (Wildman–Crippen MR) is 79.7 cm³/mol. The van der Waals surface area contributed by atoms with Crippen molar-refractivity contribution in [3.05, 3.63) is 35.4 Å². The smallest absolute Gasteiger partial charge is 0.312 e. The fraction of sp³-hybridized carbons (Fsp3) is 0.500. The molecule has 0 aliphatic carbocycles. The molecule has 1 aromatic carbocycles. The lowest BCUT2D eigenvalue weighted by Crippen LogP contribution is -2.46. The van der Waals surface area contributed by atoms with Gasteiger partial charge in [0, 0.05) is 26.7 Å². The van der Waals surface area contributed by atoms with Gasteiger partial charge in [-0.05, 0) is 24.0 Å². The predicted octanol–water partition coefficient (Wildman–Crippen LogP) is 1.11. The number of hydrogen-bond acceptors (Lipinski definition) is 3. The van der Waals surface area contributed by atoms with E-state index in [0.717, 1.165) is 18.4 Å². The Bertz CT molecular complexity index is 512. The second kappa shape index (κ2) is 7.22. The normalized spacial score (nSPS) is 15.2. The van der Waals surface area contributed by atoms with Crippen molar-refractivity contribution in [2.45, 2.75) is 32.4 Å². The van der Waals surface area contributed by atoms with Crippen LogP contribution in [0.15, 0.2) is 24.3 Å². The van der Waals surface area contributed by atoms with E-state index in [9.17, 15) is 9.59 Å². The molecule has 1 N–H and O–H groups in total. The molecule has 0 radical (unpaired) electrons. The lowest BCUT2D eigenvalue weighted by atomic mass is 10.00. The van der Waals surface area contributed by atoms with Gasteiger partial charge in [-0.3, -0.25) is 9.59 Å². The monoisotopic (exact) mass is 290 g/mol. The van der Waals surface area contributed by atoms with Crippen molar-refractivity contribution in [1.82, 2.24) is 10.2 Å². The van der Waals surface area contributed by atoms with Crippen LogP contribution in [0, 0.1) is 0 Å². The van der Waals surface area contributed by atoms with Crippen LogP contribution in [0.2, 0.25) is 0 Å². The van der Waals surface area contributed by atoms with Crippen LogP contribution in [0.3, 0.4) is 0 Å². The third kappa shape index (κ3) is 3.82. The molecule has 5 heteroatoms. The van der Waals surface area contributed by atoms with Crippen molar-refractivity contribution in [2.24, 2.45) is 0 Å². The number of carbonyl (C=O) groups is 2. The Hall–Kier alpha value is -1.88. The first-order valence-electron chi connectivity index (χ1n) is 7.32. The molecule has 1 aliphatic rings. The van der Waals surface area contributed by atoms with Gasteiger partial charge in [-0.1, -0.05) is 31.2 Å². The molecule has 1 heterocycles. The maximum Gasteiger partial charge on any atom is 0.312 e. The molecule has 0 unspecified atom stereocenters. The van der Waals surface area contributed by atoms with Crippen LogP contribution in [0.5, 0.6) is 0 Å². The van der Waals surface area contributed by atoms with E-state index in [2.05, 4.69) is 11.4 Å². The lowest BCUT2D eigenvalue weighted by molar-refractivity contribution is -0.146. The first kappa shape index (κ1) is 15.5. The SMILES string of the molecule is CC[C@H](CNC(=O)C(=O)N1CCc2ccccc2C1)OC. The number of nitrogens with one attached hydrogen (secondary N) is 1. The first-order chi connectivity index (χ1) is 10.2. The summed E-state index contributed by atoms with van der Waals surface area (Å²) in [5.41, 5.74) is 2.38. The van der Waals surface area contributed by atoms with Gasteiger partial charge in [0.1, 0.15) is 0 Å². The van der Waals surface area contributed by atoms with Gasteiger partial charge >= 0.3 is 11.8 Å². The van der Waals surface area contributed by atoms with Crippen molar-refractivity contribution < 1.29 is 14.3 Å². The molecular weight excluding hydrogens is 268 g/mol. The summed E-state index contributed by atoms with van der Waals surface area (Å²) in [7, 11) is 1.60. The summed E-state index contributed by atoms with van der Waals surface area (Å²) in [4.78, 5) is 25.7. The minimum absolute atomic E-state index is 0.0520. The highest BCUT2D eigenvalue weighted by molar-refractivity contribution is 6.35. The van der Waals surface area contributed by atoms with Gasteiger partial charge in [0.25, 0.3) is 0 Å². The van der Waals surface area contributed by atoms with E-state index in [1.54, 1.807) is 12.0 Å². The van der Waals surface area contributed by atoms with Crippen LogP contribution in [0.1, 0.15) is 24.5 Å². The van der Waals surface area contributed by atoms with E-state index < -0.39 is 11.8 Å². The van der Waals surface area contributed by atoms with Crippen LogP contribution in [0.4, 0.5) is 0 Å². The van der Waals surface area contributed by atoms with Crippen LogP contribution in [0.25, 0.3) is 0 Å². The van der Waals surface area contributed by atoms with Crippen molar-refractivity contribution in [3.63, 3.8) is 0 Å². The van der Waals surface area contributed by atoms with Gasteiger partial charge in [0.15, 0.2) is 0 Å². The number of methoxy groups -OCH3 is 1. The van der Waals surface area contributed by atoms with E-state index in [1.165, 1.54) is 5.56 Å². The molecule has 0 saturated carbocycles. The van der Waals surface area contributed by atoms with Gasteiger partial charge < -0.3 is 15.0 Å². The minimum atomic E-state index is -0.551. The van der Waals surface area contributed by atoms with Gasteiger partial charge in [0.05, 0.1) is 6.10 Å². The highest BCUT2D eigenvalue weighted by atomic mass is 16.5. The summed E-state index contributed by atoms with van der Waals surface area (Å²) >= 11 is 0. The van der Waals surface area contributed by atoms with E-state index in [4.69, 9.17) is 4.74 Å². The first-order valence-corrected chi connectivity index (χ1v) is 7.32. The molecule has 114 valence electrons. The topological polar surface area (TPSA) is 58.6 Å². The van der Waals surface area contributed by atoms with Crippen LogP contribution < -0.4 is 5.32 Å². The standard InChI is InChI=1S/C16H22N2O3/c1-3-14(21-2)10-17-15(19)16(20)18-9-8-12-6-4-5-7-13(12)11-18/h4-7,14H,3,8-11H2,1-2H3,(H,17,19)/t14-/m1/s1. The maximum atomic E-state index is 12.2. The molecule has 2 rings (SSSR count). The van der Waals surface area contributed by atoms with Gasteiger partial charge in [-0.2, -0.15) is 0 Å². The molecule has 0 fully saturated rings. The average molecular weight is 290 g/mol. The van der Waals surface area contributed by atoms with Crippen molar-refractivity contribution in [3.8, 4) is 0 Å². The number of rotatable bonds is 4. The molecule has 0 spiro atoms. The summed E-state index contributed by atoms with van der Waals surface area (Å²) < 4.78 is 5.18. The minimum Gasteiger partial charge on any atom is -0.380 e. The molecule has 2 amide bonds. The molecular formula is C16H22N2O3. The Morgan fingerprint density at radius 2 is 2.05 bits per heavy atom. The third-order valence-electron chi connectivity index (χ3n) is 3.89. The van der Waals surface area contributed by atoms with Crippen molar-refractivity contribution in [2.75, 3.05) is 20.2 Å². The number of nitrogens with zero attached hydrogens (tertiary/aromatic N) is 1. The molecule has 1 aromatic rings. The number of hydrogen-bond donors (Lipinski definition) is 1. The van der Waals surface area contributed by atoms with E-state index >= 15 is 0 Å². The molecule has 5 nitrogen and oxygen atoms in total. The summed E-state index contributed by atoms with van der Waals surface area (Å²) in [5, 5.41) is 2.65. The van der Waals surface area contributed by atoms with Crippen molar-refractivity contribution >= 4 is 11.8 Å². The van der Waals surface area contributed by atoms with Crippen LogP contribution in [-0.2, 0) is 27.3 Å². The largest absolute Gasteiger partial charge is 0.380 e. The van der Waals surface area contributed by atoms with Gasteiger partial charge in [0.2, 0.25) is 0 Å². The fourth-order valence-electron chi connectivity index (χ4n) is 2.49. The Kier molecular flexibility index (Phi) is 5.33. The zero-order chi connectivity index (χ0) is 15.2. The van der Waals surface area contributed by atoms with Crippen molar-refractivity contribution in [1.29, 1.82) is 0 Å². The molecule has 0 saturated heterocycles. The summed E-state index contributed by atoms with van der Waals surface area (Å²) in [6, 6.07) is 8.03. The Morgan fingerprint density at radius 3 is 2.71 bits per heavy atom. The average Bonchev–Trinajstić information content (AvgIpc) is 2.54. The van der Waals surface area contributed by atoms with E-state index in [1.807, 2.05) is 25.1 Å². The third-order valence-corrected chi connectivity index (χ3v) is 3.89. The summed E-state index contributed by atoms with van der Waals surface area (Å²) in [6.07, 6.45) is 1.54. The zero-order valence-electron chi connectivity index (χ0n) is 12.6. The summed E-state index contributed by atoms with van der Waals surface area (Å²) in [6.45, 7) is 3.43. The second-order valence-electron chi connectivity index (χ2n) is 5.22. The highest BCUT2D eigenvalue weighted by Gasteiger charge is 2.25. The van der Waals surface area contributed by atoms with Gasteiger partial charge in [-0.15, -0.1) is 0 Å². The van der Waals surface area contributed by atoms with Crippen LogP contribution >= 0.6 is 0 Å². The number of benzene rings is 1. The summed E-state index contributed by atoms with van der Waals surface area (Å²) in [5.74, 6) is -1.01. The van der Waals surface area contributed by atoms with Gasteiger partial charge in [-0.25, -0.2) is 0 Å². The fourth-order valence-corrected chi connectivity index (χ4v) is 2.49. The Morgan fingerprint density at radius 1 is 1.33 bits per heavy atom. The van der Waals surface area contributed by atoms with E-state index in [0.29, 0.717) is 19.6 Å². The quantitative estimate of drug-likeness (QED) is 0.845. The van der Waals surface area contributed by atoms with Crippen LogP contribution in [-0.4, -0.2) is 43.0 Å². The molecule has 1 aliphatic heterocycles. The number of amides is 2. The lowest BCUT2D eigenvalue weighted by Gasteiger charge is -2.28. The maximum absolute atomic E-state index is 12.2. The number of fused-ring (bicyclic) bond motifs is 1. The Balaban J connectivity index is 1.91. The molecule has 0 bridgehead atoms. The van der Waals surface area contributed by atoms with E-state index in [-0.39, 0.29) is 6.10 Å². The number of ether oxygens (including phenoxy) is 1.